The van der Waals surface area contributed by atoms with E-state index < -0.39 is 5.97 Å². The number of carbonyl (C=O) groups excluding carboxylic acids is 3. The molecule has 1 aromatic carbocycles. The molecule has 1 heterocycles. The van der Waals surface area contributed by atoms with E-state index in [4.69, 9.17) is 0 Å². The number of rotatable bonds is 8. The highest BCUT2D eigenvalue weighted by Gasteiger charge is 2.35. The third-order valence-corrected chi connectivity index (χ3v) is 7.71. The molecule has 0 bridgehead atoms. The average Bonchev–Trinajstić information content (AvgIpc) is 2.64. The van der Waals surface area contributed by atoms with Gasteiger partial charge in [-0.2, -0.15) is 0 Å². The van der Waals surface area contributed by atoms with Crippen LogP contribution in [0.25, 0.3) is 0 Å². The molecular formula is C19H21I3N2O5. The van der Waals surface area contributed by atoms with Crippen molar-refractivity contribution in [1.29, 1.82) is 0 Å². The number of anilines is 2. The Morgan fingerprint density at radius 1 is 1.00 bits per heavy atom. The number of unbranched alkanes of at least 4 members (excludes halogenated alkanes) is 3. The summed E-state index contributed by atoms with van der Waals surface area (Å²) < 4.78 is 1.19. The number of hydrogen-bond acceptors (Lipinski definition) is 4. The largest absolute Gasteiger partial charge is 0.478 e. The predicted molar refractivity (Wildman–Crippen MR) is 135 cm³/mol. The summed E-state index contributed by atoms with van der Waals surface area (Å²) in [7, 11) is 0. The zero-order valence-corrected chi connectivity index (χ0v) is 22.3. The van der Waals surface area contributed by atoms with E-state index in [0.717, 1.165) is 30.6 Å². The van der Waals surface area contributed by atoms with Crippen LogP contribution < -0.4 is 10.2 Å². The van der Waals surface area contributed by atoms with Crippen molar-refractivity contribution in [2.24, 2.45) is 0 Å². The predicted octanol–water partition coefficient (Wildman–Crippen LogP) is 5.15. The summed E-state index contributed by atoms with van der Waals surface area (Å²) in [5, 5.41) is 12.6. The van der Waals surface area contributed by atoms with E-state index >= 15 is 0 Å². The van der Waals surface area contributed by atoms with Gasteiger partial charge in [0.2, 0.25) is 17.7 Å². The molecule has 0 unspecified atom stereocenters. The first-order chi connectivity index (χ1) is 13.7. The van der Waals surface area contributed by atoms with Gasteiger partial charge in [-0.15, -0.1) is 0 Å². The minimum absolute atomic E-state index is 0.0194. The van der Waals surface area contributed by atoms with Crippen LogP contribution in [0.2, 0.25) is 0 Å². The van der Waals surface area contributed by atoms with Crippen molar-refractivity contribution in [3.05, 3.63) is 16.3 Å². The van der Waals surface area contributed by atoms with Crippen molar-refractivity contribution in [3.8, 4) is 0 Å². The summed E-state index contributed by atoms with van der Waals surface area (Å²) in [5.41, 5.74) is 0.569. The van der Waals surface area contributed by atoms with Crippen LogP contribution in [0.1, 0.15) is 68.6 Å². The number of halogens is 3. The molecule has 158 valence electrons. The molecule has 1 aromatic rings. The summed E-state index contributed by atoms with van der Waals surface area (Å²) in [6, 6.07) is 0. The smallest absolute Gasteiger partial charge is 0.338 e. The number of imide groups is 1. The third-order valence-electron chi connectivity index (χ3n) is 4.53. The third kappa shape index (κ3) is 5.80. The second-order valence-corrected chi connectivity index (χ2v) is 9.92. The molecule has 0 aliphatic carbocycles. The van der Waals surface area contributed by atoms with Crippen LogP contribution in [0.5, 0.6) is 0 Å². The number of carboxylic acid groups (broad SMARTS) is 1. The maximum atomic E-state index is 12.5. The van der Waals surface area contributed by atoms with Crippen molar-refractivity contribution < 1.29 is 24.3 Å². The van der Waals surface area contributed by atoms with E-state index in [-0.39, 0.29) is 41.8 Å². The van der Waals surface area contributed by atoms with Crippen LogP contribution in [-0.4, -0.2) is 28.8 Å². The van der Waals surface area contributed by atoms with Gasteiger partial charge in [-0.05, 0) is 80.6 Å². The summed E-state index contributed by atoms with van der Waals surface area (Å²) >= 11 is 5.73. The van der Waals surface area contributed by atoms with E-state index in [9.17, 15) is 24.3 Å². The van der Waals surface area contributed by atoms with Crippen molar-refractivity contribution in [2.75, 3.05) is 10.2 Å². The first kappa shape index (κ1) is 24.8. The van der Waals surface area contributed by atoms with Crippen molar-refractivity contribution >= 4 is 103 Å². The standard InChI is InChI=1S/C19H21I3N2O5/c1-2-3-4-5-7-10(25)23-17-14(20)13(19(28)29)15(21)18(16(17)22)24-11(26)8-6-9-12(24)27/h2-9H2,1H3,(H,23,25)(H,28,29). The van der Waals surface area contributed by atoms with E-state index in [1.54, 1.807) is 0 Å². The number of benzene rings is 1. The molecule has 2 rings (SSSR count). The Morgan fingerprint density at radius 2 is 1.62 bits per heavy atom. The maximum Gasteiger partial charge on any atom is 0.338 e. The van der Waals surface area contributed by atoms with Gasteiger partial charge in [-0.1, -0.05) is 26.2 Å². The first-order valence-electron chi connectivity index (χ1n) is 9.30. The minimum atomic E-state index is -1.17. The second kappa shape index (κ2) is 11.2. The zero-order valence-electron chi connectivity index (χ0n) is 15.8. The number of carboxylic acids is 1. The number of amides is 3. The van der Waals surface area contributed by atoms with Gasteiger partial charge in [0.15, 0.2) is 0 Å². The van der Waals surface area contributed by atoms with Gasteiger partial charge in [0, 0.05) is 19.3 Å². The molecule has 0 aromatic heterocycles. The topological polar surface area (TPSA) is 104 Å². The highest BCUT2D eigenvalue weighted by atomic mass is 127. The Bertz CT molecular complexity index is 841. The minimum Gasteiger partial charge on any atom is -0.478 e. The molecule has 0 saturated carbocycles. The Balaban J connectivity index is 2.50. The molecule has 1 aliphatic rings. The molecule has 0 radical (unpaired) electrons. The van der Waals surface area contributed by atoms with Crippen molar-refractivity contribution in [1.82, 2.24) is 0 Å². The van der Waals surface area contributed by atoms with Crippen LogP contribution in [0.4, 0.5) is 11.4 Å². The van der Waals surface area contributed by atoms with Crippen LogP contribution in [0.3, 0.4) is 0 Å². The zero-order chi connectivity index (χ0) is 21.7. The number of aromatic carboxylic acids is 1. The van der Waals surface area contributed by atoms with Gasteiger partial charge >= 0.3 is 5.97 Å². The van der Waals surface area contributed by atoms with Gasteiger partial charge in [0.25, 0.3) is 0 Å². The quantitative estimate of drug-likeness (QED) is 0.218. The number of piperidine rings is 1. The number of carbonyl (C=O) groups is 4. The first-order valence-corrected chi connectivity index (χ1v) is 12.5. The fourth-order valence-corrected chi connectivity index (χ4v) is 7.44. The van der Waals surface area contributed by atoms with Gasteiger partial charge in [0.1, 0.15) is 0 Å². The summed E-state index contributed by atoms with van der Waals surface area (Å²) in [6.07, 6.45) is 5.09. The Hall–Kier alpha value is -0.510. The van der Waals surface area contributed by atoms with Gasteiger partial charge in [0.05, 0.1) is 27.6 Å². The number of hydrogen-bond donors (Lipinski definition) is 2. The number of nitrogens with zero attached hydrogens (tertiary/aromatic N) is 1. The lowest BCUT2D eigenvalue weighted by molar-refractivity contribution is -0.129. The summed E-state index contributed by atoms with van der Waals surface area (Å²) in [6.45, 7) is 2.09. The number of nitrogens with one attached hydrogen (secondary N) is 1. The SMILES string of the molecule is CCCCCCC(=O)Nc1c(I)c(C(=O)O)c(I)c(N2C(=O)CCCC2=O)c1I. The molecule has 0 atom stereocenters. The fourth-order valence-electron chi connectivity index (χ4n) is 3.06. The Kier molecular flexibility index (Phi) is 9.57. The van der Waals surface area contributed by atoms with E-state index in [1.807, 2.05) is 67.8 Å². The van der Waals surface area contributed by atoms with Gasteiger partial charge in [-0.25, -0.2) is 9.69 Å². The molecule has 0 spiro atoms. The van der Waals surface area contributed by atoms with Crippen LogP contribution in [0.15, 0.2) is 0 Å². The summed E-state index contributed by atoms with van der Waals surface area (Å²) in [5.74, 6) is -2.10. The normalized spacial score (nSPS) is 14.3. The molecular weight excluding hydrogens is 717 g/mol. The van der Waals surface area contributed by atoms with Gasteiger partial charge in [-0.3, -0.25) is 14.4 Å². The van der Waals surface area contributed by atoms with Crippen LogP contribution in [-0.2, 0) is 14.4 Å². The molecule has 3 amide bonds. The van der Waals surface area contributed by atoms with Crippen molar-refractivity contribution in [2.45, 2.75) is 58.3 Å². The second-order valence-electron chi connectivity index (χ2n) is 6.68. The molecule has 29 heavy (non-hydrogen) atoms. The Morgan fingerprint density at radius 3 is 2.17 bits per heavy atom. The maximum absolute atomic E-state index is 12.5. The highest BCUT2D eigenvalue weighted by Crippen LogP contribution is 2.42. The van der Waals surface area contributed by atoms with E-state index in [1.165, 1.54) is 0 Å². The summed E-state index contributed by atoms with van der Waals surface area (Å²) in [4.78, 5) is 50.4. The van der Waals surface area contributed by atoms with Crippen LogP contribution >= 0.6 is 67.8 Å². The lowest BCUT2D eigenvalue weighted by Crippen LogP contribution is -2.41. The molecule has 10 heteroatoms. The molecule has 1 aliphatic heterocycles. The van der Waals surface area contributed by atoms with Gasteiger partial charge < -0.3 is 10.4 Å². The monoisotopic (exact) mass is 738 g/mol. The van der Waals surface area contributed by atoms with E-state index in [0.29, 0.717) is 29.2 Å². The van der Waals surface area contributed by atoms with Crippen molar-refractivity contribution in [3.63, 3.8) is 0 Å². The Labute approximate surface area is 210 Å². The molecule has 1 saturated heterocycles. The molecule has 1 fully saturated rings. The highest BCUT2D eigenvalue weighted by molar-refractivity contribution is 14.1. The lowest BCUT2D eigenvalue weighted by Gasteiger charge is -2.29. The molecule has 2 N–H and O–H groups in total. The van der Waals surface area contributed by atoms with E-state index in [2.05, 4.69) is 12.2 Å². The van der Waals surface area contributed by atoms with Crippen LogP contribution in [0, 0.1) is 10.7 Å². The average molecular weight is 738 g/mol. The fraction of sp³-hybridized carbons (Fsp3) is 0.474. The lowest BCUT2D eigenvalue weighted by atomic mass is 10.1. The molecule has 7 nitrogen and oxygen atoms in total.